The molecular weight excluding hydrogens is 375 g/mol. The molecule has 0 saturated heterocycles. The van der Waals surface area contributed by atoms with Crippen LogP contribution in [0.25, 0.3) is 22.3 Å². The number of fused-ring (bicyclic) bond motifs is 2. The quantitative estimate of drug-likeness (QED) is 0.487. The Morgan fingerprint density at radius 1 is 1.10 bits per heavy atom. The molecule has 0 spiro atoms. The predicted octanol–water partition coefficient (Wildman–Crippen LogP) is 3.79. The van der Waals surface area contributed by atoms with Crippen molar-refractivity contribution >= 4 is 16.9 Å². The average Bonchev–Trinajstić information content (AvgIpc) is 3.16. The van der Waals surface area contributed by atoms with E-state index < -0.39 is 11.5 Å². The minimum atomic E-state index is -0.661. The Balaban J connectivity index is 1.44. The third kappa shape index (κ3) is 3.00. The zero-order valence-electron chi connectivity index (χ0n) is 15.2. The number of benzene rings is 2. The first kappa shape index (κ1) is 17.4. The van der Waals surface area contributed by atoms with Gasteiger partial charge in [-0.1, -0.05) is 23.4 Å². The first-order chi connectivity index (χ1) is 14.1. The smallest absolute Gasteiger partial charge is 0.349 e. The molecule has 6 nitrogen and oxygen atoms in total. The molecule has 29 heavy (non-hydrogen) atoms. The summed E-state index contributed by atoms with van der Waals surface area (Å²) in [5.41, 5.74) is 2.03. The van der Waals surface area contributed by atoms with Crippen molar-refractivity contribution in [3.63, 3.8) is 0 Å². The fourth-order valence-electron chi connectivity index (χ4n) is 3.61. The summed E-state index contributed by atoms with van der Waals surface area (Å²) >= 11 is 0. The number of hydrogen-bond acceptors (Lipinski definition) is 5. The number of aromatic nitrogens is 1. The highest BCUT2D eigenvalue weighted by Gasteiger charge is 2.29. The monoisotopic (exact) mass is 390 g/mol. The molecule has 3 heterocycles. The van der Waals surface area contributed by atoms with Gasteiger partial charge in [-0.15, -0.1) is 0 Å². The normalized spacial score (nSPS) is 13.5. The van der Waals surface area contributed by atoms with E-state index in [1.165, 1.54) is 12.1 Å². The Hall–Kier alpha value is -3.74. The largest absolute Gasteiger partial charge is 0.422 e. The Morgan fingerprint density at radius 2 is 1.90 bits per heavy atom. The maximum atomic E-state index is 13.2. The fraction of sp³-hybridized carbons (Fsp3) is 0.136. The lowest BCUT2D eigenvalue weighted by molar-refractivity contribution is 0.0727. The summed E-state index contributed by atoms with van der Waals surface area (Å²) in [6.07, 6.45) is 0.524. The topological polar surface area (TPSA) is 76.6 Å². The first-order valence-corrected chi connectivity index (χ1v) is 9.16. The van der Waals surface area contributed by atoms with Crippen molar-refractivity contribution in [2.45, 2.75) is 13.0 Å². The molecule has 1 aliphatic heterocycles. The Bertz CT molecular complexity index is 1290. The van der Waals surface area contributed by atoms with E-state index >= 15 is 0 Å². The predicted molar refractivity (Wildman–Crippen MR) is 103 cm³/mol. The third-order valence-electron chi connectivity index (χ3n) is 5.11. The summed E-state index contributed by atoms with van der Waals surface area (Å²) in [5, 5.41) is 4.78. The lowest BCUT2D eigenvalue weighted by Crippen LogP contribution is -2.38. The van der Waals surface area contributed by atoms with Gasteiger partial charge in [-0.05, 0) is 42.8 Å². The molecule has 0 bridgehead atoms. The Morgan fingerprint density at radius 3 is 2.72 bits per heavy atom. The summed E-state index contributed by atoms with van der Waals surface area (Å²) in [6, 6.07) is 14.6. The molecular formula is C22H15FN2O4. The molecule has 1 amide bonds. The van der Waals surface area contributed by atoms with Gasteiger partial charge >= 0.3 is 5.63 Å². The lowest BCUT2D eigenvalue weighted by atomic mass is 10.00. The van der Waals surface area contributed by atoms with Crippen LogP contribution in [0.4, 0.5) is 4.39 Å². The van der Waals surface area contributed by atoms with Gasteiger partial charge in [0.2, 0.25) is 0 Å². The number of para-hydroxylation sites is 1. The lowest BCUT2D eigenvalue weighted by Gasteiger charge is -2.25. The van der Waals surface area contributed by atoms with Crippen LogP contribution in [-0.2, 0) is 13.0 Å². The third-order valence-corrected chi connectivity index (χ3v) is 5.11. The van der Waals surface area contributed by atoms with Gasteiger partial charge in [0, 0.05) is 23.1 Å². The van der Waals surface area contributed by atoms with Crippen LogP contribution in [0.1, 0.15) is 21.6 Å². The molecule has 0 fully saturated rings. The number of nitrogens with zero attached hydrogens (tertiary/aromatic N) is 2. The van der Waals surface area contributed by atoms with Crippen molar-refractivity contribution < 1.29 is 18.1 Å². The second-order valence-corrected chi connectivity index (χ2v) is 6.91. The molecule has 0 N–H and O–H groups in total. The van der Waals surface area contributed by atoms with Crippen LogP contribution in [0.15, 0.2) is 68.3 Å². The summed E-state index contributed by atoms with van der Waals surface area (Å²) in [5.74, 6) is -0.146. The number of amides is 1. The van der Waals surface area contributed by atoms with Crippen LogP contribution in [0.2, 0.25) is 0 Å². The van der Waals surface area contributed by atoms with Crippen LogP contribution in [-0.4, -0.2) is 22.5 Å². The van der Waals surface area contributed by atoms with Crippen molar-refractivity contribution in [3.8, 4) is 11.3 Å². The van der Waals surface area contributed by atoms with E-state index in [2.05, 4.69) is 5.16 Å². The molecule has 4 aromatic rings. The molecule has 7 heteroatoms. The molecule has 144 valence electrons. The fourth-order valence-corrected chi connectivity index (χ4v) is 3.61. The number of carbonyl (C=O) groups excluding carboxylic acids is 1. The molecule has 2 aromatic carbocycles. The van der Waals surface area contributed by atoms with Gasteiger partial charge in [0.05, 0.1) is 6.54 Å². The van der Waals surface area contributed by atoms with Crippen LogP contribution >= 0.6 is 0 Å². The van der Waals surface area contributed by atoms with E-state index in [4.69, 9.17) is 8.94 Å². The SMILES string of the molecule is O=C(c1cc2ccccc2oc1=O)N1CCc2c(noc2-c2ccc(F)cc2)C1. The highest BCUT2D eigenvalue weighted by atomic mass is 19.1. The van der Waals surface area contributed by atoms with E-state index in [1.54, 1.807) is 41.3 Å². The number of halogens is 1. The average molecular weight is 390 g/mol. The van der Waals surface area contributed by atoms with Gasteiger partial charge in [0.1, 0.15) is 22.7 Å². The minimum Gasteiger partial charge on any atom is -0.422 e. The summed E-state index contributed by atoms with van der Waals surface area (Å²) < 4.78 is 23.9. The summed E-state index contributed by atoms with van der Waals surface area (Å²) in [4.78, 5) is 26.8. The van der Waals surface area contributed by atoms with E-state index in [0.29, 0.717) is 35.4 Å². The van der Waals surface area contributed by atoms with E-state index in [1.807, 2.05) is 6.07 Å². The second-order valence-electron chi connectivity index (χ2n) is 6.91. The molecule has 0 aliphatic carbocycles. The van der Waals surface area contributed by atoms with Gasteiger partial charge in [-0.25, -0.2) is 9.18 Å². The van der Waals surface area contributed by atoms with E-state index in [-0.39, 0.29) is 17.9 Å². The molecule has 0 saturated carbocycles. The highest BCUT2D eigenvalue weighted by Crippen LogP contribution is 2.30. The molecule has 0 unspecified atom stereocenters. The maximum Gasteiger partial charge on any atom is 0.349 e. The molecule has 5 rings (SSSR count). The molecule has 0 atom stereocenters. The highest BCUT2D eigenvalue weighted by molar-refractivity contribution is 5.96. The van der Waals surface area contributed by atoms with Crippen LogP contribution in [0.3, 0.4) is 0 Å². The van der Waals surface area contributed by atoms with Crippen molar-refractivity contribution in [2.24, 2.45) is 0 Å². The summed E-state index contributed by atoms with van der Waals surface area (Å²) in [7, 11) is 0. The zero-order chi connectivity index (χ0) is 20.0. The molecule has 2 aromatic heterocycles. The van der Waals surface area contributed by atoms with Gasteiger partial charge in [-0.3, -0.25) is 4.79 Å². The van der Waals surface area contributed by atoms with Crippen molar-refractivity contribution in [3.05, 3.63) is 87.7 Å². The second kappa shape index (κ2) is 6.70. The standard InChI is InChI=1S/C22H15FN2O4/c23-15-7-5-13(6-8-15)20-16-9-10-25(12-18(16)24-29-20)21(26)17-11-14-3-1-2-4-19(14)28-22(17)27/h1-8,11H,9-10,12H2. The minimum absolute atomic E-state index is 0.00518. The van der Waals surface area contributed by atoms with Crippen molar-refractivity contribution in [1.82, 2.24) is 10.1 Å². The van der Waals surface area contributed by atoms with Crippen LogP contribution in [0, 0.1) is 5.82 Å². The van der Waals surface area contributed by atoms with E-state index in [9.17, 15) is 14.0 Å². The van der Waals surface area contributed by atoms with Gasteiger partial charge in [0.15, 0.2) is 5.76 Å². The molecule has 0 radical (unpaired) electrons. The Kier molecular flexibility index (Phi) is 4.01. The maximum absolute atomic E-state index is 13.2. The van der Waals surface area contributed by atoms with Crippen molar-refractivity contribution in [2.75, 3.05) is 6.54 Å². The Labute approximate surface area is 164 Å². The summed E-state index contributed by atoms with van der Waals surface area (Å²) in [6.45, 7) is 0.638. The molecule has 1 aliphatic rings. The van der Waals surface area contributed by atoms with E-state index in [0.717, 1.165) is 11.1 Å². The van der Waals surface area contributed by atoms with Crippen molar-refractivity contribution in [1.29, 1.82) is 0 Å². The number of hydrogen-bond donors (Lipinski definition) is 0. The van der Waals surface area contributed by atoms with Crippen LogP contribution in [0.5, 0.6) is 0 Å². The van der Waals surface area contributed by atoms with Crippen LogP contribution < -0.4 is 5.63 Å². The number of rotatable bonds is 2. The van der Waals surface area contributed by atoms with Gasteiger partial charge in [0.25, 0.3) is 5.91 Å². The zero-order valence-corrected chi connectivity index (χ0v) is 15.2. The van der Waals surface area contributed by atoms with Gasteiger partial charge < -0.3 is 13.8 Å². The number of carbonyl (C=O) groups is 1. The first-order valence-electron chi connectivity index (χ1n) is 9.16. The van der Waals surface area contributed by atoms with Gasteiger partial charge in [-0.2, -0.15) is 0 Å².